The van der Waals surface area contributed by atoms with Crippen molar-refractivity contribution in [2.75, 3.05) is 7.11 Å². The molecule has 0 radical (unpaired) electrons. The van der Waals surface area contributed by atoms with Gasteiger partial charge in [0.25, 0.3) is 0 Å². The minimum Gasteiger partial charge on any atom is -0.468 e. The van der Waals surface area contributed by atoms with Crippen molar-refractivity contribution in [3.63, 3.8) is 0 Å². The number of aromatic nitrogens is 1. The summed E-state index contributed by atoms with van der Waals surface area (Å²) >= 11 is 0. The van der Waals surface area contributed by atoms with Gasteiger partial charge in [0.1, 0.15) is 6.04 Å². The van der Waals surface area contributed by atoms with E-state index in [0.29, 0.717) is 12.5 Å². The molecule has 0 amide bonds. The number of esters is 1. The van der Waals surface area contributed by atoms with Gasteiger partial charge in [0.05, 0.1) is 7.11 Å². The third-order valence-electron chi connectivity index (χ3n) is 3.73. The summed E-state index contributed by atoms with van der Waals surface area (Å²) in [5.74, 6) is 0.276. The van der Waals surface area contributed by atoms with Gasteiger partial charge in [-0.15, -0.1) is 0 Å². The van der Waals surface area contributed by atoms with Crippen LogP contribution in [0.2, 0.25) is 0 Å². The Morgan fingerprint density at radius 2 is 2.05 bits per heavy atom. The van der Waals surface area contributed by atoms with Crippen LogP contribution in [0.15, 0.2) is 6.07 Å². The van der Waals surface area contributed by atoms with Crippen molar-refractivity contribution in [1.29, 1.82) is 0 Å². The first-order valence-corrected chi connectivity index (χ1v) is 7.37. The number of nitrogens with zero attached hydrogens (tertiary/aromatic N) is 1. The molecule has 0 aliphatic heterocycles. The molecule has 0 aromatic carbocycles. The first kappa shape index (κ1) is 16.8. The molecule has 4 nitrogen and oxygen atoms in total. The molecule has 1 heterocycles. The van der Waals surface area contributed by atoms with E-state index in [4.69, 9.17) is 4.74 Å². The number of carbonyl (C=O) groups is 1. The van der Waals surface area contributed by atoms with Crippen LogP contribution in [-0.2, 0) is 22.6 Å². The van der Waals surface area contributed by atoms with Gasteiger partial charge in [-0.1, -0.05) is 13.8 Å². The van der Waals surface area contributed by atoms with Crippen molar-refractivity contribution >= 4 is 5.97 Å². The summed E-state index contributed by atoms with van der Waals surface area (Å²) in [5.41, 5.74) is 3.79. The minimum absolute atomic E-state index is 0.178. The molecule has 1 aromatic heterocycles. The van der Waals surface area contributed by atoms with Gasteiger partial charge >= 0.3 is 5.97 Å². The van der Waals surface area contributed by atoms with Crippen LogP contribution in [0, 0.1) is 19.8 Å². The second kappa shape index (κ2) is 7.48. The highest BCUT2D eigenvalue weighted by atomic mass is 16.5. The van der Waals surface area contributed by atoms with Crippen molar-refractivity contribution in [2.45, 2.75) is 60.2 Å². The molecule has 1 N–H and O–H groups in total. The fourth-order valence-corrected chi connectivity index (χ4v) is 2.65. The van der Waals surface area contributed by atoms with E-state index in [1.165, 1.54) is 24.1 Å². The highest BCUT2D eigenvalue weighted by Gasteiger charge is 2.20. The Morgan fingerprint density at radius 1 is 1.40 bits per heavy atom. The first-order chi connectivity index (χ1) is 9.40. The Morgan fingerprint density at radius 3 is 2.50 bits per heavy atom. The van der Waals surface area contributed by atoms with Gasteiger partial charge in [0.2, 0.25) is 0 Å². The third kappa shape index (κ3) is 4.10. The van der Waals surface area contributed by atoms with Crippen LogP contribution in [0.1, 0.15) is 44.1 Å². The molecule has 0 bridgehead atoms. The number of ether oxygens (including phenoxy) is 1. The van der Waals surface area contributed by atoms with Crippen molar-refractivity contribution in [3.8, 4) is 0 Å². The zero-order chi connectivity index (χ0) is 15.3. The molecule has 4 heteroatoms. The molecule has 0 saturated carbocycles. The summed E-state index contributed by atoms with van der Waals surface area (Å²) in [6.45, 7) is 12.3. The van der Waals surface area contributed by atoms with Crippen LogP contribution in [0.4, 0.5) is 0 Å². The summed E-state index contributed by atoms with van der Waals surface area (Å²) in [5, 5.41) is 3.34. The second-order valence-corrected chi connectivity index (χ2v) is 5.73. The average molecular weight is 280 g/mol. The van der Waals surface area contributed by atoms with Crippen molar-refractivity contribution in [2.24, 2.45) is 5.92 Å². The van der Waals surface area contributed by atoms with Gasteiger partial charge < -0.3 is 14.6 Å². The average Bonchev–Trinajstić information content (AvgIpc) is 2.67. The Kier molecular flexibility index (Phi) is 6.27. The molecule has 1 aromatic rings. The molecule has 1 rings (SSSR count). The maximum atomic E-state index is 11.8. The first-order valence-electron chi connectivity index (χ1n) is 7.37. The predicted molar refractivity (Wildman–Crippen MR) is 81.7 cm³/mol. The van der Waals surface area contributed by atoms with E-state index < -0.39 is 0 Å². The monoisotopic (exact) mass is 280 g/mol. The van der Waals surface area contributed by atoms with Crippen LogP contribution >= 0.6 is 0 Å². The van der Waals surface area contributed by atoms with E-state index in [9.17, 15) is 4.79 Å². The van der Waals surface area contributed by atoms with Gasteiger partial charge in [0, 0.05) is 24.5 Å². The summed E-state index contributed by atoms with van der Waals surface area (Å²) in [6.07, 6.45) is 0.791. The molecular weight excluding hydrogens is 252 g/mol. The molecular formula is C16H28N2O2. The Balaban J connectivity index is 2.74. The van der Waals surface area contributed by atoms with Crippen LogP contribution in [0.3, 0.4) is 0 Å². The zero-order valence-electron chi connectivity index (χ0n) is 13.6. The van der Waals surface area contributed by atoms with Crippen molar-refractivity contribution in [3.05, 3.63) is 23.0 Å². The number of hydrogen-bond donors (Lipinski definition) is 1. The van der Waals surface area contributed by atoms with E-state index in [0.717, 1.165) is 13.0 Å². The number of hydrogen-bond acceptors (Lipinski definition) is 3. The van der Waals surface area contributed by atoms with Gasteiger partial charge in [-0.2, -0.15) is 0 Å². The SMILES string of the molecule is CCn1c(C)cc(CNC(CC(C)C)C(=O)OC)c1C. The normalized spacial score (nSPS) is 12.8. The molecule has 1 atom stereocenters. The zero-order valence-corrected chi connectivity index (χ0v) is 13.6. The standard InChI is InChI=1S/C16H28N2O2/c1-7-18-12(4)9-14(13(18)5)10-17-15(8-11(2)3)16(19)20-6/h9,11,15,17H,7-8,10H2,1-6H3. The molecule has 0 spiro atoms. The van der Waals surface area contributed by atoms with Crippen LogP contribution in [-0.4, -0.2) is 23.7 Å². The highest BCUT2D eigenvalue weighted by molar-refractivity contribution is 5.75. The number of carbonyl (C=O) groups excluding carboxylic acids is 1. The quantitative estimate of drug-likeness (QED) is 0.781. The van der Waals surface area contributed by atoms with E-state index in [-0.39, 0.29) is 12.0 Å². The van der Waals surface area contributed by atoms with E-state index >= 15 is 0 Å². The Bertz CT molecular complexity index is 450. The molecule has 114 valence electrons. The minimum atomic E-state index is -0.232. The molecule has 20 heavy (non-hydrogen) atoms. The van der Waals surface area contributed by atoms with Gasteiger partial charge in [-0.3, -0.25) is 4.79 Å². The number of methoxy groups -OCH3 is 1. The largest absolute Gasteiger partial charge is 0.468 e. The summed E-state index contributed by atoms with van der Waals surface area (Å²) in [4.78, 5) is 11.8. The summed E-state index contributed by atoms with van der Waals surface area (Å²) in [6, 6.07) is 1.96. The lowest BCUT2D eigenvalue weighted by molar-refractivity contribution is -0.143. The lowest BCUT2D eigenvalue weighted by atomic mass is 10.0. The second-order valence-electron chi connectivity index (χ2n) is 5.73. The lowest BCUT2D eigenvalue weighted by Crippen LogP contribution is -2.38. The fraction of sp³-hybridized carbons (Fsp3) is 0.688. The molecule has 0 saturated heterocycles. The van der Waals surface area contributed by atoms with Crippen LogP contribution < -0.4 is 5.32 Å². The Hall–Kier alpha value is -1.29. The Labute approximate surface area is 122 Å². The van der Waals surface area contributed by atoms with Crippen molar-refractivity contribution in [1.82, 2.24) is 9.88 Å². The number of rotatable bonds is 7. The predicted octanol–water partition coefficient (Wildman–Crippen LogP) is 2.80. The smallest absolute Gasteiger partial charge is 0.322 e. The van der Waals surface area contributed by atoms with E-state index in [1.807, 2.05) is 0 Å². The van der Waals surface area contributed by atoms with Crippen LogP contribution in [0.25, 0.3) is 0 Å². The molecule has 0 aliphatic carbocycles. The van der Waals surface area contributed by atoms with Crippen molar-refractivity contribution < 1.29 is 9.53 Å². The summed E-state index contributed by atoms with van der Waals surface area (Å²) in [7, 11) is 1.44. The molecule has 0 aliphatic rings. The number of nitrogens with one attached hydrogen (secondary N) is 1. The number of aryl methyl sites for hydroxylation is 1. The van der Waals surface area contributed by atoms with Gasteiger partial charge in [0.15, 0.2) is 0 Å². The lowest BCUT2D eigenvalue weighted by Gasteiger charge is -2.18. The third-order valence-corrected chi connectivity index (χ3v) is 3.73. The van der Waals surface area contributed by atoms with E-state index in [2.05, 4.69) is 50.6 Å². The maximum absolute atomic E-state index is 11.8. The summed E-state index contributed by atoms with van der Waals surface area (Å²) < 4.78 is 7.16. The molecule has 0 fully saturated rings. The fourth-order valence-electron chi connectivity index (χ4n) is 2.65. The van der Waals surface area contributed by atoms with E-state index in [1.54, 1.807) is 0 Å². The topological polar surface area (TPSA) is 43.3 Å². The molecule has 1 unspecified atom stereocenters. The highest BCUT2D eigenvalue weighted by Crippen LogP contribution is 2.15. The van der Waals surface area contributed by atoms with Crippen LogP contribution in [0.5, 0.6) is 0 Å². The van der Waals surface area contributed by atoms with Gasteiger partial charge in [-0.25, -0.2) is 0 Å². The maximum Gasteiger partial charge on any atom is 0.322 e. The van der Waals surface area contributed by atoms with Gasteiger partial charge in [-0.05, 0) is 44.7 Å².